The predicted octanol–water partition coefficient (Wildman–Crippen LogP) is 6.04. The molecular formula is C23H23N5O2S4. The van der Waals surface area contributed by atoms with Crippen LogP contribution in [0.15, 0.2) is 51.1 Å². The van der Waals surface area contributed by atoms with Crippen LogP contribution in [0.1, 0.15) is 30.3 Å². The number of benzene rings is 2. The summed E-state index contributed by atoms with van der Waals surface area (Å²) < 4.78 is 2.55. The average Bonchev–Trinajstić information content (AvgIpc) is 3.41. The average molecular weight is 530 g/mol. The molecule has 34 heavy (non-hydrogen) atoms. The Hall–Kier alpha value is -2.47. The van der Waals surface area contributed by atoms with Gasteiger partial charge in [-0.1, -0.05) is 60.8 Å². The summed E-state index contributed by atoms with van der Waals surface area (Å²) in [5.41, 5.74) is 3.59. The maximum absolute atomic E-state index is 12.3. The van der Waals surface area contributed by atoms with Gasteiger partial charge in [0.25, 0.3) is 0 Å². The highest BCUT2D eigenvalue weighted by atomic mass is 32.2. The lowest BCUT2D eigenvalue weighted by atomic mass is 10.0. The van der Waals surface area contributed by atoms with Gasteiger partial charge in [-0.25, -0.2) is 4.98 Å². The first-order valence-corrected chi connectivity index (χ1v) is 14.1. The normalized spacial score (nSPS) is 11.2. The maximum atomic E-state index is 12.3. The Morgan fingerprint density at radius 2 is 1.53 bits per heavy atom. The highest BCUT2D eigenvalue weighted by Gasteiger charge is 2.11. The predicted molar refractivity (Wildman–Crippen MR) is 144 cm³/mol. The summed E-state index contributed by atoms with van der Waals surface area (Å²) in [4.78, 5) is 29.2. The third kappa shape index (κ3) is 6.78. The van der Waals surface area contributed by atoms with Gasteiger partial charge in [-0.3, -0.25) is 9.59 Å². The fourth-order valence-corrected chi connectivity index (χ4v) is 6.50. The molecule has 4 rings (SSSR count). The quantitative estimate of drug-likeness (QED) is 0.255. The number of nitrogens with one attached hydrogen (secondary N) is 2. The molecule has 2 N–H and O–H groups in total. The zero-order valence-corrected chi connectivity index (χ0v) is 22.1. The van der Waals surface area contributed by atoms with Crippen molar-refractivity contribution in [1.29, 1.82) is 0 Å². The van der Waals surface area contributed by atoms with Gasteiger partial charge in [-0.15, -0.1) is 21.5 Å². The third-order valence-corrected chi connectivity index (χ3v) is 8.81. The minimum Gasteiger partial charge on any atom is -0.325 e. The van der Waals surface area contributed by atoms with Crippen LogP contribution in [0.25, 0.3) is 10.2 Å². The minimum absolute atomic E-state index is 0.0716. The standard InChI is InChI=1S/C23H23N5O2S4/c1-13(2)15-4-6-16(7-5-15)24-20(29)11-31-22-26-18-9-8-17(10-19(18)34-22)25-21(30)12-32-23-28-27-14(3)33-23/h4-10,13H,11-12H2,1-3H3,(H,24,29)(H,25,30). The van der Waals surface area contributed by atoms with Gasteiger partial charge in [0.2, 0.25) is 11.8 Å². The molecule has 0 bridgehead atoms. The van der Waals surface area contributed by atoms with Gasteiger partial charge in [-0.05, 0) is 48.7 Å². The molecule has 0 fully saturated rings. The summed E-state index contributed by atoms with van der Waals surface area (Å²) in [6.07, 6.45) is 0. The largest absolute Gasteiger partial charge is 0.325 e. The molecule has 2 amide bonds. The van der Waals surface area contributed by atoms with E-state index in [9.17, 15) is 9.59 Å². The molecule has 0 unspecified atom stereocenters. The molecule has 4 aromatic rings. The van der Waals surface area contributed by atoms with Crippen molar-refractivity contribution in [2.45, 2.75) is 35.4 Å². The van der Waals surface area contributed by atoms with E-state index in [1.165, 1.54) is 51.8 Å². The number of carbonyl (C=O) groups excluding carboxylic acids is 2. The van der Waals surface area contributed by atoms with Gasteiger partial charge in [0.15, 0.2) is 8.68 Å². The number of hydrogen-bond acceptors (Lipinski definition) is 9. The molecule has 0 atom stereocenters. The van der Waals surface area contributed by atoms with Crippen LogP contribution in [0.2, 0.25) is 0 Å². The van der Waals surface area contributed by atoms with Crippen LogP contribution in [0.5, 0.6) is 0 Å². The Morgan fingerprint density at radius 3 is 2.18 bits per heavy atom. The molecule has 11 heteroatoms. The first-order chi connectivity index (χ1) is 16.4. The summed E-state index contributed by atoms with van der Waals surface area (Å²) in [6.45, 7) is 6.17. The molecule has 0 aliphatic rings. The van der Waals surface area contributed by atoms with Gasteiger partial charge in [0, 0.05) is 11.4 Å². The molecular weight excluding hydrogens is 507 g/mol. The molecule has 7 nitrogen and oxygen atoms in total. The van der Waals surface area contributed by atoms with Gasteiger partial charge in [0.1, 0.15) is 5.01 Å². The van der Waals surface area contributed by atoms with E-state index in [0.717, 1.165) is 29.6 Å². The molecule has 176 valence electrons. The van der Waals surface area contributed by atoms with E-state index in [1.807, 2.05) is 49.4 Å². The monoisotopic (exact) mass is 529 g/mol. The molecule has 0 saturated carbocycles. The lowest BCUT2D eigenvalue weighted by Crippen LogP contribution is -2.13. The number of fused-ring (bicyclic) bond motifs is 1. The number of hydrogen-bond donors (Lipinski definition) is 2. The first kappa shape index (κ1) is 24.6. The van der Waals surface area contributed by atoms with Crippen LogP contribution in [0.3, 0.4) is 0 Å². The summed E-state index contributed by atoms with van der Waals surface area (Å²) in [6, 6.07) is 13.5. The van der Waals surface area contributed by atoms with E-state index in [2.05, 4.69) is 39.7 Å². The number of nitrogens with zero attached hydrogens (tertiary/aromatic N) is 3. The van der Waals surface area contributed by atoms with E-state index in [4.69, 9.17) is 0 Å². The lowest BCUT2D eigenvalue weighted by Gasteiger charge is -2.08. The Kier molecular flexibility index (Phi) is 8.19. The Morgan fingerprint density at radius 1 is 0.882 bits per heavy atom. The molecule has 0 saturated heterocycles. The second kappa shape index (κ2) is 11.3. The Balaban J connectivity index is 1.29. The van der Waals surface area contributed by atoms with E-state index in [0.29, 0.717) is 11.6 Å². The van der Waals surface area contributed by atoms with Crippen LogP contribution < -0.4 is 10.6 Å². The van der Waals surface area contributed by atoms with Crippen molar-refractivity contribution in [3.05, 3.63) is 53.0 Å². The molecule has 2 aromatic carbocycles. The zero-order valence-electron chi connectivity index (χ0n) is 18.8. The van der Waals surface area contributed by atoms with Gasteiger partial charge >= 0.3 is 0 Å². The molecule has 0 radical (unpaired) electrons. The number of amides is 2. The number of thiazole rings is 1. The fourth-order valence-electron chi connectivity index (χ4n) is 2.98. The minimum atomic E-state index is -0.102. The second-order valence-corrected chi connectivity index (χ2v) is 12.4. The highest BCUT2D eigenvalue weighted by Crippen LogP contribution is 2.31. The Bertz CT molecular complexity index is 1300. The van der Waals surface area contributed by atoms with Crippen LogP contribution in [0.4, 0.5) is 11.4 Å². The lowest BCUT2D eigenvalue weighted by molar-refractivity contribution is -0.114. The number of aryl methyl sites for hydroxylation is 1. The fraction of sp³-hybridized carbons (Fsp3) is 0.261. The van der Waals surface area contributed by atoms with Crippen molar-refractivity contribution in [2.24, 2.45) is 0 Å². The van der Waals surface area contributed by atoms with Crippen molar-refractivity contribution >= 4 is 79.6 Å². The SMILES string of the molecule is Cc1nnc(SCC(=O)Nc2ccc3nc(SCC(=O)Nc4ccc(C(C)C)cc4)sc3c2)s1. The summed E-state index contributed by atoms with van der Waals surface area (Å²) in [7, 11) is 0. The van der Waals surface area contributed by atoms with E-state index < -0.39 is 0 Å². The smallest absolute Gasteiger partial charge is 0.234 e. The third-order valence-electron chi connectivity index (χ3n) is 4.67. The van der Waals surface area contributed by atoms with E-state index >= 15 is 0 Å². The van der Waals surface area contributed by atoms with Crippen LogP contribution in [-0.4, -0.2) is 38.5 Å². The topological polar surface area (TPSA) is 96.9 Å². The van der Waals surface area contributed by atoms with Crippen molar-refractivity contribution in [2.75, 3.05) is 22.1 Å². The van der Waals surface area contributed by atoms with Gasteiger partial charge < -0.3 is 10.6 Å². The molecule has 0 aliphatic carbocycles. The molecule has 0 aliphatic heterocycles. The van der Waals surface area contributed by atoms with E-state index in [-0.39, 0.29) is 23.3 Å². The summed E-state index contributed by atoms with van der Waals surface area (Å²) in [5, 5.41) is 14.7. The summed E-state index contributed by atoms with van der Waals surface area (Å²) >= 11 is 5.75. The number of carbonyl (C=O) groups is 2. The Labute approximate surface area is 214 Å². The number of rotatable bonds is 9. The maximum Gasteiger partial charge on any atom is 0.234 e. The molecule has 2 heterocycles. The van der Waals surface area contributed by atoms with Crippen molar-refractivity contribution < 1.29 is 9.59 Å². The van der Waals surface area contributed by atoms with Crippen molar-refractivity contribution in [3.8, 4) is 0 Å². The van der Waals surface area contributed by atoms with Crippen LogP contribution in [0, 0.1) is 6.92 Å². The molecule has 2 aromatic heterocycles. The number of anilines is 2. The van der Waals surface area contributed by atoms with Crippen LogP contribution >= 0.6 is 46.2 Å². The van der Waals surface area contributed by atoms with Crippen molar-refractivity contribution in [1.82, 2.24) is 15.2 Å². The highest BCUT2D eigenvalue weighted by molar-refractivity contribution is 8.02. The van der Waals surface area contributed by atoms with E-state index in [1.54, 1.807) is 0 Å². The van der Waals surface area contributed by atoms with Gasteiger partial charge in [0.05, 0.1) is 21.7 Å². The number of aromatic nitrogens is 3. The number of thioether (sulfide) groups is 2. The van der Waals surface area contributed by atoms with Crippen LogP contribution in [-0.2, 0) is 9.59 Å². The van der Waals surface area contributed by atoms with Crippen molar-refractivity contribution in [3.63, 3.8) is 0 Å². The van der Waals surface area contributed by atoms with Gasteiger partial charge in [-0.2, -0.15) is 0 Å². The first-order valence-electron chi connectivity index (χ1n) is 10.5. The molecule has 0 spiro atoms. The summed E-state index contributed by atoms with van der Waals surface area (Å²) in [5.74, 6) is 0.827. The second-order valence-electron chi connectivity index (χ2n) is 7.70. The zero-order chi connectivity index (χ0) is 24.1.